The average Bonchev–Trinajstić information content (AvgIpc) is 2.29. The molecule has 0 saturated heterocycles. The van der Waals surface area contributed by atoms with E-state index in [-0.39, 0.29) is 11.7 Å². The van der Waals surface area contributed by atoms with Crippen LogP contribution in [0.25, 0.3) is 0 Å². The Hall–Kier alpha value is -1.42. The Balaban J connectivity index is 2.53. The van der Waals surface area contributed by atoms with Crippen LogP contribution in [0.4, 0.5) is 4.39 Å². The quantitative estimate of drug-likeness (QED) is 0.717. The van der Waals surface area contributed by atoms with Gasteiger partial charge in [0.05, 0.1) is 0 Å². The summed E-state index contributed by atoms with van der Waals surface area (Å²) >= 11 is 0. The van der Waals surface area contributed by atoms with Crippen molar-refractivity contribution in [1.82, 2.24) is 4.90 Å². The lowest BCUT2D eigenvalue weighted by Gasteiger charge is -2.16. The van der Waals surface area contributed by atoms with E-state index in [2.05, 4.69) is 0 Å². The molecular formula is C12H16FNO2. The molecule has 1 aromatic carbocycles. The normalized spacial score (nSPS) is 10.2. The van der Waals surface area contributed by atoms with Gasteiger partial charge in [0.25, 0.3) is 5.91 Å². The standard InChI is InChI=1S/C12H16FNO2/c1-14(8-3-9-16-2)12(15)10-4-6-11(13)7-5-10/h4-7H,3,8-9H2,1-2H3. The number of benzene rings is 1. The van der Waals surface area contributed by atoms with Crippen molar-refractivity contribution in [3.05, 3.63) is 35.6 Å². The zero-order chi connectivity index (χ0) is 12.0. The predicted octanol–water partition coefficient (Wildman–Crippen LogP) is 1.93. The number of carbonyl (C=O) groups excluding carboxylic acids is 1. The number of hydrogen-bond donors (Lipinski definition) is 0. The Bertz CT molecular complexity index is 337. The Labute approximate surface area is 94.8 Å². The highest BCUT2D eigenvalue weighted by atomic mass is 19.1. The maximum atomic E-state index is 12.7. The smallest absolute Gasteiger partial charge is 0.253 e. The molecular weight excluding hydrogens is 209 g/mol. The molecule has 0 heterocycles. The lowest BCUT2D eigenvalue weighted by molar-refractivity contribution is 0.0779. The van der Waals surface area contributed by atoms with Gasteiger partial charge in [0.1, 0.15) is 5.82 Å². The molecule has 0 saturated carbocycles. The Morgan fingerprint density at radius 1 is 1.38 bits per heavy atom. The fraction of sp³-hybridized carbons (Fsp3) is 0.417. The summed E-state index contributed by atoms with van der Waals surface area (Å²) in [5.41, 5.74) is 0.501. The van der Waals surface area contributed by atoms with Crippen LogP contribution in [0.2, 0.25) is 0 Å². The van der Waals surface area contributed by atoms with Crippen LogP contribution in [0.1, 0.15) is 16.8 Å². The highest BCUT2D eigenvalue weighted by Gasteiger charge is 2.10. The lowest BCUT2D eigenvalue weighted by atomic mass is 10.2. The lowest BCUT2D eigenvalue weighted by Crippen LogP contribution is -2.28. The third-order valence-corrected chi connectivity index (χ3v) is 2.28. The van der Waals surface area contributed by atoms with E-state index in [1.165, 1.54) is 24.3 Å². The number of amides is 1. The summed E-state index contributed by atoms with van der Waals surface area (Å²) in [6.45, 7) is 1.26. The van der Waals surface area contributed by atoms with E-state index in [9.17, 15) is 9.18 Å². The monoisotopic (exact) mass is 225 g/mol. The van der Waals surface area contributed by atoms with Crippen molar-refractivity contribution < 1.29 is 13.9 Å². The van der Waals surface area contributed by atoms with Crippen molar-refractivity contribution in [2.45, 2.75) is 6.42 Å². The first kappa shape index (κ1) is 12.6. The Morgan fingerprint density at radius 3 is 2.56 bits per heavy atom. The van der Waals surface area contributed by atoms with Crippen LogP contribution in [0.15, 0.2) is 24.3 Å². The Kier molecular flexibility index (Phi) is 4.92. The second-order valence-corrected chi connectivity index (χ2v) is 3.58. The molecule has 0 atom stereocenters. The summed E-state index contributed by atoms with van der Waals surface area (Å²) in [7, 11) is 3.35. The SMILES string of the molecule is COCCCN(C)C(=O)c1ccc(F)cc1. The summed E-state index contributed by atoms with van der Waals surface area (Å²) < 4.78 is 17.6. The van der Waals surface area contributed by atoms with Gasteiger partial charge in [0.15, 0.2) is 0 Å². The molecule has 1 aromatic rings. The van der Waals surface area contributed by atoms with Gasteiger partial charge in [-0.15, -0.1) is 0 Å². The molecule has 3 nitrogen and oxygen atoms in total. The van der Waals surface area contributed by atoms with Gasteiger partial charge in [-0.25, -0.2) is 4.39 Å². The van der Waals surface area contributed by atoms with Crippen LogP contribution in [0.3, 0.4) is 0 Å². The number of hydrogen-bond acceptors (Lipinski definition) is 2. The van der Waals surface area contributed by atoms with Crippen LogP contribution in [-0.4, -0.2) is 38.1 Å². The first-order valence-electron chi connectivity index (χ1n) is 5.15. The van der Waals surface area contributed by atoms with Crippen LogP contribution in [-0.2, 0) is 4.74 Å². The minimum absolute atomic E-state index is 0.101. The predicted molar refractivity (Wildman–Crippen MR) is 59.9 cm³/mol. The maximum Gasteiger partial charge on any atom is 0.253 e. The molecule has 1 amide bonds. The fourth-order valence-electron chi connectivity index (χ4n) is 1.36. The molecule has 0 fully saturated rings. The van der Waals surface area contributed by atoms with Crippen LogP contribution < -0.4 is 0 Å². The van der Waals surface area contributed by atoms with Crippen molar-refractivity contribution >= 4 is 5.91 Å². The molecule has 0 aliphatic carbocycles. The molecule has 4 heteroatoms. The highest BCUT2D eigenvalue weighted by Crippen LogP contribution is 2.06. The molecule has 0 aromatic heterocycles. The summed E-state index contributed by atoms with van der Waals surface area (Å²) in [4.78, 5) is 13.4. The molecule has 0 spiro atoms. The molecule has 16 heavy (non-hydrogen) atoms. The second-order valence-electron chi connectivity index (χ2n) is 3.58. The van der Waals surface area contributed by atoms with Crippen LogP contribution >= 0.6 is 0 Å². The topological polar surface area (TPSA) is 29.5 Å². The molecule has 0 bridgehead atoms. The Morgan fingerprint density at radius 2 is 2.00 bits per heavy atom. The number of rotatable bonds is 5. The van der Waals surface area contributed by atoms with Gasteiger partial charge >= 0.3 is 0 Å². The van der Waals surface area contributed by atoms with Gasteiger partial charge in [-0.05, 0) is 30.7 Å². The summed E-state index contributed by atoms with van der Waals surface area (Å²) in [6.07, 6.45) is 0.792. The molecule has 0 unspecified atom stereocenters. The van der Waals surface area contributed by atoms with Gasteiger partial charge in [-0.1, -0.05) is 0 Å². The van der Waals surface area contributed by atoms with E-state index in [4.69, 9.17) is 4.74 Å². The average molecular weight is 225 g/mol. The van der Waals surface area contributed by atoms with Crippen molar-refractivity contribution in [3.8, 4) is 0 Å². The van der Waals surface area contributed by atoms with E-state index >= 15 is 0 Å². The zero-order valence-electron chi connectivity index (χ0n) is 9.57. The van der Waals surface area contributed by atoms with Crippen LogP contribution in [0.5, 0.6) is 0 Å². The minimum atomic E-state index is -0.335. The van der Waals surface area contributed by atoms with Crippen LogP contribution in [0, 0.1) is 5.82 Å². The molecule has 1 rings (SSSR count). The largest absolute Gasteiger partial charge is 0.385 e. The number of halogens is 1. The molecule has 0 aliphatic rings. The first-order chi connectivity index (χ1) is 7.65. The van der Waals surface area contributed by atoms with Gasteiger partial charge in [-0.3, -0.25) is 4.79 Å². The van der Waals surface area contributed by atoms with Crippen molar-refractivity contribution in [1.29, 1.82) is 0 Å². The fourth-order valence-corrected chi connectivity index (χ4v) is 1.36. The van der Waals surface area contributed by atoms with Crippen molar-refractivity contribution in [3.63, 3.8) is 0 Å². The summed E-state index contributed by atoms with van der Waals surface area (Å²) in [5.74, 6) is -0.435. The van der Waals surface area contributed by atoms with E-state index in [0.29, 0.717) is 18.7 Å². The second kappa shape index (κ2) is 6.23. The van der Waals surface area contributed by atoms with Gasteiger partial charge in [-0.2, -0.15) is 0 Å². The van der Waals surface area contributed by atoms with E-state index in [1.807, 2.05) is 0 Å². The van der Waals surface area contributed by atoms with E-state index in [0.717, 1.165) is 6.42 Å². The zero-order valence-corrected chi connectivity index (χ0v) is 9.57. The molecule has 0 aliphatic heterocycles. The summed E-state index contributed by atoms with van der Waals surface area (Å²) in [6, 6.07) is 5.56. The number of nitrogens with zero attached hydrogens (tertiary/aromatic N) is 1. The number of methoxy groups -OCH3 is 1. The third-order valence-electron chi connectivity index (χ3n) is 2.28. The van der Waals surface area contributed by atoms with E-state index < -0.39 is 0 Å². The first-order valence-corrected chi connectivity index (χ1v) is 5.15. The third kappa shape index (κ3) is 3.62. The number of carbonyl (C=O) groups is 1. The van der Waals surface area contributed by atoms with E-state index in [1.54, 1.807) is 19.1 Å². The minimum Gasteiger partial charge on any atom is -0.385 e. The van der Waals surface area contributed by atoms with Crippen molar-refractivity contribution in [2.75, 3.05) is 27.3 Å². The number of ether oxygens (including phenoxy) is 1. The molecule has 88 valence electrons. The van der Waals surface area contributed by atoms with Gasteiger partial charge in [0.2, 0.25) is 0 Å². The maximum absolute atomic E-state index is 12.7. The van der Waals surface area contributed by atoms with Gasteiger partial charge < -0.3 is 9.64 Å². The van der Waals surface area contributed by atoms with Crippen molar-refractivity contribution in [2.24, 2.45) is 0 Å². The molecule has 0 N–H and O–H groups in total. The highest BCUT2D eigenvalue weighted by molar-refractivity contribution is 5.93. The van der Waals surface area contributed by atoms with Gasteiger partial charge in [0, 0.05) is 32.9 Å². The molecule has 0 radical (unpaired) electrons. The summed E-state index contributed by atoms with van der Waals surface area (Å²) in [5, 5.41) is 0.